The minimum atomic E-state index is -1.70. The Hall–Kier alpha value is 0.630. The Balaban J connectivity index is 2.89. The third-order valence-electron chi connectivity index (χ3n) is 1.58. The van der Waals surface area contributed by atoms with E-state index >= 15 is 0 Å². The van der Waals surface area contributed by atoms with Gasteiger partial charge in [0, 0.05) is 10.6 Å². The fourth-order valence-corrected chi connectivity index (χ4v) is 1.48. The summed E-state index contributed by atoms with van der Waals surface area (Å²) < 4.78 is -1.70. The van der Waals surface area contributed by atoms with E-state index in [0.29, 0.717) is 10.6 Å². The van der Waals surface area contributed by atoms with Crippen LogP contribution < -0.4 is 0 Å². The van der Waals surface area contributed by atoms with Gasteiger partial charge in [-0.15, -0.1) is 0 Å². The van der Waals surface area contributed by atoms with E-state index in [1.165, 1.54) is 0 Å². The summed E-state index contributed by atoms with van der Waals surface area (Å²) in [6, 6.07) is 6.73. The van der Waals surface area contributed by atoms with Crippen molar-refractivity contribution in [1.82, 2.24) is 0 Å². The molecule has 0 bridgehead atoms. The van der Waals surface area contributed by atoms with Gasteiger partial charge >= 0.3 is 0 Å². The fraction of sp³-hybridized carbons (Fsp3) is 0.222. The second-order valence-electron chi connectivity index (χ2n) is 2.80. The molecule has 0 aromatic heterocycles. The summed E-state index contributed by atoms with van der Waals surface area (Å²) in [5, 5.41) is 0.750. The van der Waals surface area contributed by atoms with Crippen LogP contribution in [0.2, 0.25) is 5.02 Å². The summed E-state index contributed by atoms with van der Waals surface area (Å²) in [4.78, 5) is 3.86. The molecule has 0 spiro atoms. The molecule has 0 saturated heterocycles. The van der Waals surface area contributed by atoms with Gasteiger partial charge in [-0.2, -0.15) is 0 Å². The highest BCUT2D eigenvalue weighted by atomic mass is 35.6. The molecule has 1 rings (SSSR count). The Kier molecular flexibility index (Phi) is 5.50. The van der Waals surface area contributed by atoms with Gasteiger partial charge in [0.25, 0.3) is 0 Å². The van der Waals surface area contributed by atoms with Crippen LogP contribution in [-0.2, 0) is 0 Å². The van der Waals surface area contributed by atoms with Crippen molar-refractivity contribution < 1.29 is 0 Å². The summed E-state index contributed by atoms with van der Waals surface area (Å²) in [5.41, 5.74) is -0.411. The van der Waals surface area contributed by atoms with E-state index in [1.54, 1.807) is 24.3 Å². The van der Waals surface area contributed by atoms with Crippen molar-refractivity contribution in [2.24, 2.45) is 4.99 Å². The molecule has 0 fully saturated rings. The number of hydrogen-bond donors (Lipinski definition) is 0. The maximum Gasteiger partial charge on any atom is 0.226 e. The average Bonchev–Trinajstić information content (AvgIpc) is 2.17. The van der Waals surface area contributed by atoms with Crippen molar-refractivity contribution in [3.63, 3.8) is 0 Å². The van der Waals surface area contributed by atoms with Gasteiger partial charge in [-0.1, -0.05) is 81.7 Å². The molecule has 88 valence electrons. The molecule has 0 aliphatic carbocycles. The summed E-state index contributed by atoms with van der Waals surface area (Å²) in [6.45, 7) is 0. The highest BCUT2D eigenvalue weighted by molar-refractivity contribution is 6.72. The van der Waals surface area contributed by atoms with Crippen molar-refractivity contribution in [3.8, 4) is 0 Å². The number of nitrogens with zero attached hydrogens (tertiary/aromatic N) is 1. The minimum Gasteiger partial charge on any atom is -0.248 e. The zero-order valence-corrected chi connectivity index (χ0v) is 12.1. The molecule has 0 aliphatic rings. The monoisotopic (exact) mass is 337 g/mol. The quantitative estimate of drug-likeness (QED) is 0.396. The highest BCUT2D eigenvalue weighted by Crippen LogP contribution is 2.35. The Bertz CT molecular complexity index is 380. The molecule has 0 saturated carbocycles. The topological polar surface area (TPSA) is 12.4 Å². The summed E-state index contributed by atoms with van der Waals surface area (Å²) in [6.07, 6.45) is 0. The fourth-order valence-electron chi connectivity index (χ4n) is 0.835. The van der Waals surface area contributed by atoms with Crippen LogP contribution in [0.4, 0.5) is 0 Å². The van der Waals surface area contributed by atoms with E-state index in [1.807, 2.05) is 0 Å². The first-order valence-corrected chi connectivity index (χ1v) is 6.33. The van der Waals surface area contributed by atoms with E-state index in [-0.39, 0.29) is 5.17 Å². The Morgan fingerprint density at radius 1 is 1.12 bits per heavy atom. The number of rotatable bonds is 2. The van der Waals surface area contributed by atoms with E-state index in [0.717, 1.165) is 0 Å². The van der Waals surface area contributed by atoms with Crippen LogP contribution in [0, 0.1) is 0 Å². The summed E-state index contributed by atoms with van der Waals surface area (Å²) in [5.74, 6) is 0. The maximum atomic E-state index is 5.91. The number of halogens is 6. The van der Waals surface area contributed by atoms with Crippen molar-refractivity contribution in [2.45, 2.75) is 9.29 Å². The van der Waals surface area contributed by atoms with Gasteiger partial charge in [0.1, 0.15) is 5.17 Å². The molecule has 1 nitrogen and oxygen atoms in total. The number of hydrogen-bond acceptors (Lipinski definition) is 1. The predicted octanol–water partition coefficient (Wildman–Crippen LogP) is 5.26. The molecular formula is C9H5Cl6N. The predicted molar refractivity (Wildman–Crippen MR) is 73.8 cm³/mol. The van der Waals surface area contributed by atoms with Gasteiger partial charge < -0.3 is 0 Å². The molecule has 16 heavy (non-hydrogen) atoms. The molecule has 0 heterocycles. The van der Waals surface area contributed by atoms with Crippen molar-refractivity contribution >= 4 is 74.8 Å². The maximum absolute atomic E-state index is 5.91. The molecule has 1 aromatic rings. The van der Waals surface area contributed by atoms with Gasteiger partial charge in [0.15, 0.2) is 5.50 Å². The van der Waals surface area contributed by atoms with Gasteiger partial charge in [-0.3, -0.25) is 0 Å². The van der Waals surface area contributed by atoms with Crippen molar-refractivity contribution in [2.75, 3.05) is 0 Å². The molecule has 0 aliphatic heterocycles. The lowest BCUT2D eigenvalue weighted by Crippen LogP contribution is -2.18. The van der Waals surface area contributed by atoms with E-state index in [4.69, 9.17) is 69.6 Å². The Morgan fingerprint density at radius 3 is 2.06 bits per heavy atom. The van der Waals surface area contributed by atoms with Gasteiger partial charge in [-0.25, -0.2) is 4.99 Å². The van der Waals surface area contributed by atoms with Crippen LogP contribution >= 0.6 is 69.6 Å². The van der Waals surface area contributed by atoms with Crippen molar-refractivity contribution in [3.05, 3.63) is 34.9 Å². The molecule has 7 heteroatoms. The van der Waals surface area contributed by atoms with E-state index in [9.17, 15) is 0 Å². The number of aliphatic imine (C=N–C) groups is 1. The SMILES string of the molecule is Cl/C(=N\C(Cl)C(Cl)(Cl)Cl)c1ccc(Cl)cc1. The third kappa shape index (κ3) is 4.48. The second-order valence-corrected chi connectivity index (χ2v) is 6.38. The first kappa shape index (κ1) is 14.7. The standard InChI is InChI=1S/C9H5Cl6N/c10-6-3-1-5(2-4-6)7(11)16-8(12)9(13,14)15/h1-4,8H/b16-7-. The second kappa shape index (κ2) is 5.99. The minimum absolute atomic E-state index is 0.156. The first-order valence-electron chi connectivity index (χ1n) is 4.00. The van der Waals surface area contributed by atoms with Gasteiger partial charge in [-0.05, 0) is 12.1 Å². The smallest absolute Gasteiger partial charge is 0.226 e. The van der Waals surface area contributed by atoms with Crippen LogP contribution in [0.15, 0.2) is 29.3 Å². The largest absolute Gasteiger partial charge is 0.248 e. The Labute approximate surface area is 123 Å². The highest BCUT2D eigenvalue weighted by Gasteiger charge is 2.30. The van der Waals surface area contributed by atoms with Gasteiger partial charge in [0.2, 0.25) is 3.79 Å². The number of benzene rings is 1. The lowest BCUT2D eigenvalue weighted by atomic mass is 10.2. The van der Waals surface area contributed by atoms with E-state index in [2.05, 4.69) is 4.99 Å². The number of alkyl halides is 4. The van der Waals surface area contributed by atoms with Crippen LogP contribution in [0.1, 0.15) is 5.56 Å². The molecule has 1 atom stereocenters. The van der Waals surface area contributed by atoms with Crippen LogP contribution in [-0.4, -0.2) is 14.5 Å². The van der Waals surface area contributed by atoms with Crippen LogP contribution in [0.3, 0.4) is 0 Å². The lowest BCUT2D eigenvalue weighted by Gasteiger charge is -2.14. The van der Waals surface area contributed by atoms with Crippen molar-refractivity contribution in [1.29, 1.82) is 0 Å². The average molecular weight is 340 g/mol. The third-order valence-corrected chi connectivity index (χ3v) is 3.53. The summed E-state index contributed by atoms with van der Waals surface area (Å²) in [7, 11) is 0. The molecule has 0 N–H and O–H groups in total. The van der Waals surface area contributed by atoms with Crippen LogP contribution in [0.25, 0.3) is 0 Å². The normalized spacial score (nSPS) is 15.0. The lowest BCUT2D eigenvalue weighted by molar-refractivity contribution is 0.938. The Morgan fingerprint density at radius 2 is 1.62 bits per heavy atom. The zero-order valence-electron chi connectivity index (χ0n) is 7.60. The molecule has 1 unspecified atom stereocenters. The zero-order chi connectivity index (χ0) is 12.3. The summed E-state index contributed by atoms with van der Waals surface area (Å²) >= 11 is 34.0. The molecule has 0 radical (unpaired) electrons. The molecular weight excluding hydrogens is 335 g/mol. The van der Waals surface area contributed by atoms with Gasteiger partial charge in [0.05, 0.1) is 0 Å². The molecule has 0 amide bonds. The molecule has 1 aromatic carbocycles. The van der Waals surface area contributed by atoms with E-state index < -0.39 is 9.29 Å². The first-order chi connectivity index (χ1) is 7.30. The van der Waals surface area contributed by atoms with Crippen LogP contribution in [0.5, 0.6) is 0 Å².